The number of hydrogen-bond donors (Lipinski definition) is 0. The molecule has 2 heteroatoms. The molecule has 0 amide bonds. The molecule has 0 aromatic heterocycles. The van der Waals surface area contributed by atoms with Crippen molar-refractivity contribution in [3.8, 4) is 0 Å². The largest absolute Gasteiger partial charge is 0.0840 e. The normalized spacial score (nSPS) is 14.3. The fraction of sp³-hybridized carbons (Fsp3) is 0.143. The Bertz CT molecular complexity index is 231. The quantitative estimate of drug-likeness (QED) is 0.551. The molecular weight excluding hydrogens is 155 g/mol. The lowest BCUT2D eigenvalue weighted by Gasteiger charge is -1.96. The number of halogens is 2. The van der Waals surface area contributed by atoms with Gasteiger partial charge in [-0.25, -0.2) is 0 Å². The van der Waals surface area contributed by atoms with E-state index in [1.54, 1.807) is 6.92 Å². The Morgan fingerprint density at radius 3 is 2.22 bits per heavy atom. The maximum atomic E-state index is 7.32. The second-order valence-electron chi connectivity index (χ2n) is 1.63. The van der Waals surface area contributed by atoms with Crippen molar-refractivity contribution in [1.82, 2.24) is 0 Å². The third kappa shape index (κ3) is 1.38. The fourth-order valence-electron chi connectivity index (χ4n) is 0.425. The zero-order valence-corrected chi connectivity index (χ0v) is 6.27. The van der Waals surface area contributed by atoms with E-state index in [1.165, 1.54) is 0 Å². The summed E-state index contributed by atoms with van der Waals surface area (Å²) in [6.45, 7) is 1.63. The second kappa shape index (κ2) is 2.59. The molecule has 0 fully saturated rings. The van der Waals surface area contributed by atoms with Crippen molar-refractivity contribution in [2.45, 2.75) is 6.92 Å². The highest BCUT2D eigenvalue weighted by atomic mass is 35.5. The minimum Gasteiger partial charge on any atom is -0.0840 e. The summed E-state index contributed by atoms with van der Waals surface area (Å²) in [5, 5.41) is 0.307. The average Bonchev–Trinajstić information content (AvgIpc) is 2.08. The molecule has 0 heterocycles. The molecule has 1 aromatic rings. The molecule has 0 unspecified atom stereocenters. The molecule has 0 saturated carbocycles. The van der Waals surface area contributed by atoms with E-state index in [1.807, 2.05) is 0 Å². The second-order valence-corrected chi connectivity index (χ2v) is 2.38. The first kappa shape index (κ1) is 3.85. The van der Waals surface area contributed by atoms with Gasteiger partial charge in [-0.3, -0.25) is 0 Å². The van der Waals surface area contributed by atoms with E-state index < -0.39 is 0 Å². The van der Waals surface area contributed by atoms with Crippen molar-refractivity contribution in [3.63, 3.8) is 0 Å². The average molecular weight is 164 g/mol. The van der Waals surface area contributed by atoms with Crippen LogP contribution in [0.4, 0.5) is 0 Å². The summed E-state index contributed by atoms with van der Waals surface area (Å²) in [5.74, 6) is 0. The molecule has 0 nitrogen and oxygen atoms in total. The molecule has 0 radical (unpaired) electrons. The van der Waals surface area contributed by atoms with Gasteiger partial charge in [-0.15, -0.1) is 0 Å². The number of rotatable bonds is 0. The van der Waals surface area contributed by atoms with E-state index in [2.05, 4.69) is 0 Å². The summed E-state index contributed by atoms with van der Waals surface area (Å²) >= 11 is 11.4. The Morgan fingerprint density at radius 1 is 1.33 bits per heavy atom. The minimum atomic E-state index is -0.226. The molecule has 1 aromatic carbocycles. The van der Waals surface area contributed by atoms with Crippen LogP contribution in [-0.2, 0) is 0 Å². The van der Waals surface area contributed by atoms with Gasteiger partial charge < -0.3 is 0 Å². The van der Waals surface area contributed by atoms with Gasteiger partial charge in [0.1, 0.15) is 0 Å². The number of benzene rings is 1. The molecule has 0 saturated heterocycles. The van der Waals surface area contributed by atoms with Crippen LogP contribution in [0.2, 0.25) is 10.0 Å². The summed E-state index contributed by atoms with van der Waals surface area (Å²) in [7, 11) is 0. The molecule has 0 bridgehead atoms. The maximum Gasteiger partial charge on any atom is 0.0639 e. The Morgan fingerprint density at radius 2 is 1.78 bits per heavy atom. The van der Waals surface area contributed by atoms with E-state index in [0.717, 1.165) is 0 Å². The summed E-state index contributed by atoms with van der Waals surface area (Å²) in [6, 6.07) is -0.497. The van der Waals surface area contributed by atoms with Gasteiger partial charge in [0.2, 0.25) is 0 Å². The summed E-state index contributed by atoms with van der Waals surface area (Å²) in [4.78, 5) is 0. The Hall–Kier alpha value is -0.200. The van der Waals surface area contributed by atoms with Crippen molar-refractivity contribution >= 4 is 23.2 Å². The SMILES string of the molecule is [2H]c1c([2H])c(Cl)c(C)c(Cl)c1[2H]. The molecule has 0 aliphatic heterocycles. The molecule has 0 spiro atoms. The van der Waals surface area contributed by atoms with Gasteiger partial charge in [-0.05, 0) is 24.6 Å². The van der Waals surface area contributed by atoms with Gasteiger partial charge >= 0.3 is 0 Å². The highest BCUT2D eigenvalue weighted by molar-refractivity contribution is 6.35. The lowest BCUT2D eigenvalue weighted by Crippen LogP contribution is -1.73. The molecule has 1 rings (SSSR count). The van der Waals surface area contributed by atoms with Crippen LogP contribution < -0.4 is 0 Å². The van der Waals surface area contributed by atoms with Crippen LogP contribution >= 0.6 is 23.2 Å². The van der Waals surface area contributed by atoms with Crippen LogP contribution in [0.1, 0.15) is 9.68 Å². The Balaban J connectivity index is 3.60. The molecule has 0 N–H and O–H groups in total. The van der Waals surface area contributed by atoms with E-state index >= 15 is 0 Å². The van der Waals surface area contributed by atoms with E-state index in [4.69, 9.17) is 27.3 Å². The van der Waals surface area contributed by atoms with E-state index in [9.17, 15) is 0 Å². The van der Waals surface area contributed by atoms with Crippen LogP contribution in [0.5, 0.6) is 0 Å². The fourth-order valence-corrected chi connectivity index (χ4v) is 0.757. The van der Waals surface area contributed by atoms with Crippen LogP contribution in [-0.4, -0.2) is 0 Å². The third-order valence-corrected chi connectivity index (χ3v) is 1.76. The molecule has 48 valence electrons. The standard InChI is InChI=1S/C7H6Cl2/c1-5-6(8)3-2-4-7(5)9/h2-4H,1H3/i2D,3D,4D. The van der Waals surface area contributed by atoms with Crippen LogP contribution in [0.3, 0.4) is 0 Å². The highest BCUT2D eigenvalue weighted by Gasteiger charge is 1.96. The predicted molar refractivity (Wildman–Crippen MR) is 41.2 cm³/mol. The van der Waals surface area contributed by atoms with Crippen molar-refractivity contribution in [2.24, 2.45) is 0 Å². The van der Waals surface area contributed by atoms with Gasteiger partial charge in [0.15, 0.2) is 0 Å². The van der Waals surface area contributed by atoms with Crippen LogP contribution in [0.15, 0.2) is 18.1 Å². The smallest absolute Gasteiger partial charge is 0.0639 e. The molecule has 0 atom stereocenters. The van der Waals surface area contributed by atoms with Gasteiger partial charge in [-0.1, -0.05) is 29.2 Å². The lowest BCUT2D eigenvalue weighted by molar-refractivity contribution is 1.47. The van der Waals surface area contributed by atoms with Crippen LogP contribution in [0, 0.1) is 6.92 Å². The van der Waals surface area contributed by atoms with E-state index in [-0.39, 0.29) is 28.2 Å². The summed E-state index contributed by atoms with van der Waals surface area (Å²) in [5.41, 5.74) is 0.490. The van der Waals surface area contributed by atoms with E-state index in [0.29, 0.717) is 5.56 Å². The van der Waals surface area contributed by atoms with Crippen LogP contribution in [0.25, 0.3) is 0 Å². The molecule has 9 heavy (non-hydrogen) atoms. The first-order valence-electron chi connectivity index (χ1n) is 3.88. The summed E-state index contributed by atoms with van der Waals surface area (Å²) < 4.78 is 21.9. The van der Waals surface area contributed by atoms with Crippen molar-refractivity contribution in [2.75, 3.05) is 0 Å². The Kier molecular flexibility index (Phi) is 1.11. The molecule has 0 aliphatic carbocycles. The maximum absolute atomic E-state index is 7.32. The minimum absolute atomic E-state index is 0.136. The predicted octanol–water partition coefficient (Wildman–Crippen LogP) is 3.30. The van der Waals surface area contributed by atoms with Gasteiger partial charge in [0.25, 0.3) is 0 Å². The Labute approximate surface area is 68.6 Å². The van der Waals surface area contributed by atoms with Gasteiger partial charge in [0.05, 0.1) is 4.11 Å². The highest BCUT2D eigenvalue weighted by Crippen LogP contribution is 2.21. The third-order valence-electron chi connectivity index (χ3n) is 1.00. The van der Waals surface area contributed by atoms with Crippen molar-refractivity contribution in [3.05, 3.63) is 33.7 Å². The lowest BCUT2D eigenvalue weighted by atomic mass is 10.2. The zero-order valence-electron chi connectivity index (χ0n) is 7.76. The zero-order chi connectivity index (χ0) is 9.46. The van der Waals surface area contributed by atoms with Gasteiger partial charge in [-0.2, -0.15) is 0 Å². The van der Waals surface area contributed by atoms with Crippen molar-refractivity contribution < 1.29 is 4.11 Å². The monoisotopic (exact) mass is 163 g/mol. The van der Waals surface area contributed by atoms with Crippen molar-refractivity contribution in [1.29, 1.82) is 0 Å². The summed E-state index contributed by atoms with van der Waals surface area (Å²) in [6.07, 6.45) is 0. The van der Waals surface area contributed by atoms with Gasteiger partial charge in [0, 0.05) is 10.0 Å². The molecular formula is C7H6Cl2. The first-order chi connectivity index (χ1) is 5.46. The topological polar surface area (TPSA) is 0 Å². The molecule has 0 aliphatic rings. The number of hydrogen-bond acceptors (Lipinski definition) is 0. The first-order valence-corrected chi connectivity index (χ1v) is 3.13.